The lowest BCUT2D eigenvalue weighted by Crippen LogP contribution is -2.40. The number of piperidine rings is 1. The normalized spacial score (nSPS) is 21.3. The minimum Gasteiger partial charge on any atom is -0.382 e. The van der Waals surface area contributed by atoms with Crippen molar-refractivity contribution < 1.29 is 8.42 Å². The van der Waals surface area contributed by atoms with Gasteiger partial charge in [0.25, 0.3) is 0 Å². The summed E-state index contributed by atoms with van der Waals surface area (Å²) in [6.45, 7) is 1.84. The van der Waals surface area contributed by atoms with Crippen LogP contribution < -0.4 is 10.5 Å². The van der Waals surface area contributed by atoms with Crippen molar-refractivity contribution in [3.8, 4) is 0 Å². The Hall–Kier alpha value is -1.11. The van der Waals surface area contributed by atoms with Crippen LogP contribution >= 0.6 is 0 Å². The molecule has 1 aromatic rings. The third-order valence-electron chi connectivity index (χ3n) is 3.64. The molecule has 1 aliphatic rings. The lowest BCUT2D eigenvalue weighted by atomic mass is 10.0. The number of hydrogen-bond donors (Lipinski definition) is 2. The maximum absolute atomic E-state index is 11.5. The molecule has 1 aliphatic heterocycles. The Morgan fingerprint density at radius 2 is 2.11 bits per heavy atom. The van der Waals surface area contributed by atoms with E-state index < -0.39 is 10.0 Å². The van der Waals surface area contributed by atoms with Crippen LogP contribution in [-0.4, -0.2) is 39.5 Å². The largest absolute Gasteiger partial charge is 0.382 e. The van der Waals surface area contributed by atoms with Gasteiger partial charge in [0.05, 0.1) is 5.69 Å². The summed E-state index contributed by atoms with van der Waals surface area (Å²) in [7, 11) is -1.57. The van der Waals surface area contributed by atoms with Gasteiger partial charge in [-0.1, -0.05) is 18.6 Å². The average molecular weight is 283 g/mol. The molecule has 0 bridgehead atoms. The van der Waals surface area contributed by atoms with Crippen molar-refractivity contribution >= 4 is 15.7 Å². The minimum atomic E-state index is -3.68. The fraction of sp³-hybridized carbons (Fsp3) is 0.538. The van der Waals surface area contributed by atoms with Gasteiger partial charge in [-0.05, 0) is 38.6 Å². The van der Waals surface area contributed by atoms with Gasteiger partial charge in [-0.15, -0.1) is 0 Å². The van der Waals surface area contributed by atoms with E-state index in [1.807, 2.05) is 6.07 Å². The van der Waals surface area contributed by atoms with E-state index in [1.165, 1.54) is 18.9 Å². The van der Waals surface area contributed by atoms with Crippen LogP contribution in [0.5, 0.6) is 0 Å². The molecule has 0 aliphatic carbocycles. The van der Waals surface area contributed by atoms with E-state index in [4.69, 9.17) is 5.14 Å². The van der Waals surface area contributed by atoms with Gasteiger partial charge in [0, 0.05) is 12.6 Å². The zero-order valence-electron chi connectivity index (χ0n) is 11.2. The first kappa shape index (κ1) is 14.3. The van der Waals surface area contributed by atoms with Crippen molar-refractivity contribution in [1.29, 1.82) is 0 Å². The second kappa shape index (κ2) is 5.90. The maximum Gasteiger partial charge on any atom is 0.240 e. The van der Waals surface area contributed by atoms with Crippen molar-refractivity contribution in [2.45, 2.75) is 30.2 Å². The number of sulfonamides is 1. The molecule has 106 valence electrons. The third-order valence-corrected chi connectivity index (χ3v) is 4.61. The van der Waals surface area contributed by atoms with Gasteiger partial charge in [-0.25, -0.2) is 13.6 Å². The third kappa shape index (κ3) is 3.68. The Morgan fingerprint density at radius 1 is 1.37 bits per heavy atom. The quantitative estimate of drug-likeness (QED) is 0.871. The highest BCUT2D eigenvalue weighted by atomic mass is 32.2. The van der Waals surface area contributed by atoms with Crippen LogP contribution in [0, 0.1) is 0 Å². The maximum atomic E-state index is 11.5. The van der Waals surface area contributed by atoms with Gasteiger partial charge in [0.15, 0.2) is 0 Å². The minimum absolute atomic E-state index is 0.161. The van der Waals surface area contributed by atoms with Gasteiger partial charge in [-0.3, -0.25) is 0 Å². The van der Waals surface area contributed by atoms with E-state index in [2.05, 4.69) is 17.3 Å². The van der Waals surface area contributed by atoms with E-state index in [9.17, 15) is 8.42 Å². The van der Waals surface area contributed by atoms with Gasteiger partial charge >= 0.3 is 0 Å². The molecule has 1 aromatic carbocycles. The number of benzene rings is 1. The number of nitrogens with one attached hydrogen (secondary N) is 1. The molecule has 0 saturated carbocycles. The zero-order chi connectivity index (χ0) is 13.9. The van der Waals surface area contributed by atoms with Gasteiger partial charge in [-0.2, -0.15) is 0 Å². The van der Waals surface area contributed by atoms with Crippen LogP contribution in [0.2, 0.25) is 0 Å². The first-order chi connectivity index (χ1) is 8.98. The predicted octanol–water partition coefficient (Wildman–Crippen LogP) is 1.23. The average Bonchev–Trinajstić information content (AvgIpc) is 2.37. The first-order valence-electron chi connectivity index (χ1n) is 6.54. The molecule has 0 aromatic heterocycles. The van der Waals surface area contributed by atoms with Crippen LogP contribution in [0.4, 0.5) is 5.69 Å². The molecule has 1 heterocycles. The molecule has 0 amide bonds. The summed E-state index contributed by atoms with van der Waals surface area (Å²) in [4.78, 5) is 2.48. The van der Waals surface area contributed by atoms with Crippen molar-refractivity contribution in [1.82, 2.24) is 4.90 Å². The first-order valence-corrected chi connectivity index (χ1v) is 8.09. The smallest absolute Gasteiger partial charge is 0.240 e. The Morgan fingerprint density at radius 3 is 2.79 bits per heavy atom. The molecule has 1 saturated heterocycles. The lowest BCUT2D eigenvalue weighted by Gasteiger charge is -2.32. The molecule has 0 radical (unpaired) electrons. The molecule has 1 unspecified atom stereocenters. The number of likely N-dealkylation sites (tertiary alicyclic amines) is 1. The number of nitrogens with zero attached hydrogens (tertiary/aromatic N) is 1. The summed E-state index contributed by atoms with van der Waals surface area (Å²) in [5, 5.41) is 8.43. The van der Waals surface area contributed by atoms with Crippen molar-refractivity contribution in [3.05, 3.63) is 24.3 Å². The number of hydrogen-bond acceptors (Lipinski definition) is 4. The molecule has 5 nitrogen and oxygen atoms in total. The summed E-state index contributed by atoms with van der Waals surface area (Å²) >= 11 is 0. The summed E-state index contributed by atoms with van der Waals surface area (Å²) in [6, 6.07) is 7.21. The molecule has 3 N–H and O–H groups in total. The molecule has 6 heteroatoms. The van der Waals surface area contributed by atoms with E-state index in [1.54, 1.807) is 12.1 Å². The Bertz CT molecular complexity index is 530. The van der Waals surface area contributed by atoms with E-state index in [0.717, 1.165) is 19.5 Å². The number of primary sulfonamides is 1. The number of para-hydroxylation sites is 1. The molecule has 1 atom stereocenters. The second-order valence-electron chi connectivity index (χ2n) is 5.05. The number of likely N-dealkylation sites (N-methyl/N-ethyl adjacent to an activating group) is 1. The van der Waals surface area contributed by atoms with Crippen LogP contribution in [0.1, 0.15) is 19.3 Å². The monoisotopic (exact) mass is 283 g/mol. The predicted molar refractivity (Wildman–Crippen MR) is 76.6 cm³/mol. The SMILES string of the molecule is CN1CCCCC1CNc1ccccc1S(N)(=O)=O. The van der Waals surface area contributed by atoms with Gasteiger partial charge in [0.1, 0.15) is 4.90 Å². The number of anilines is 1. The molecule has 0 spiro atoms. The molecule has 19 heavy (non-hydrogen) atoms. The van der Waals surface area contributed by atoms with Crippen molar-refractivity contribution in [2.24, 2.45) is 5.14 Å². The molecule has 1 fully saturated rings. The summed E-state index contributed by atoms with van der Waals surface area (Å²) in [5.41, 5.74) is 0.587. The fourth-order valence-corrected chi connectivity index (χ4v) is 3.21. The Balaban J connectivity index is 2.07. The van der Waals surface area contributed by atoms with Gasteiger partial charge in [0.2, 0.25) is 10.0 Å². The summed E-state index contributed by atoms with van der Waals surface area (Å²) < 4.78 is 23.0. The Labute approximate surface area is 114 Å². The molecule has 2 rings (SSSR count). The number of nitrogens with two attached hydrogens (primary N) is 1. The summed E-state index contributed by atoms with van der Waals surface area (Å²) in [5.74, 6) is 0. The Kier molecular flexibility index (Phi) is 4.44. The molecular formula is C13H21N3O2S. The highest BCUT2D eigenvalue weighted by Crippen LogP contribution is 2.21. The lowest BCUT2D eigenvalue weighted by molar-refractivity contribution is 0.194. The number of rotatable bonds is 4. The fourth-order valence-electron chi connectivity index (χ4n) is 2.49. The van der Waals surface area contributed by atoms with E-state index in [-0.39, 0.29) is 4.90 Å². The van der Waals surface area contributed by atoms with Crippen LogP contribution in [0.15, 0.2) is 29.2 Å². The van der Waals surface area contributed by atoms with Gasteiger partial charge < -0.3 is 10.2 Å². The summed E-state index contributed by atoms with van der Waals surface area (Å²) in [6.07, 6.45) is 3.61. The van der Waals surface area contributed by atoms with E-state index in [0.29, 0.717) is 11.7 Å². The zero-order valence-corrected chi connectivity index (χ0v) is 12.0. The van der Waals surface area contributed by atoms with E-state index >= 15 is 0 Å². The van der Waals surface area contributed by atoms with Crippen LogP contribution in [0.25, 0.3) is 0 Å². The second-order valence-corrected chi connectivity index (χ2v) is 6.58. The highest BCUT2D eigenvalue weighted by Gasteiger charge is 2.19. The molecular weight excluding hydrogens is 262 g/mol. The van der Waals surface area contributed by atoms with Crippen LogP contribution in [0.3, 0.4) is 0 Å². The van der Waals surface area contributed by atoms with Crippen LogP contribution in [-0.2, 0) is 10.0 Å². The highest BCUT2D eigenvalue weighted by molar-refractivity contribution is 7.89. The standard InChI is InChI=1S/C13H21N3O2S/c1-16-9-5-4-6-11(16)10-15-12-7-2-3-8-13(12)19(14,17)18/h2-3,7-8,11,15H,4-6,9-10H2,1H3,(H2,14,17,18). The van der Waals surface area contributed by atoms with Crippen molar-refractivity contribution in [3.63, 3.8) is 0 Å². The topological polar surface area (TPSA) is 75.4 Å². The van der Waals surface area contributed by atoms with Crippen molar-refractivity contribution in [2.75, 3.05) is 25.5 Å².